The van der Waals surface area contributed by atoms with Gasteiger partial charge < -0.3 is 4.55 Å². The van der Waals surface area contributed by atoms with E-state index in [0.29, 0.717) is 5.25 Å². The molecular formula is C7H10F3N3O3S2. The Morgan fingerprint density at radius 2 is 2.11 bits per heavy atom. The summed E-state index contributed by atoms with van der Waals surface area (Å²) in [4.78, 5) is 4.23. The zero-order valence-corrected chi connectivity index (χ0v) is 10.8. The first-order valence-corrected chi connectivity index (χ1v) is 6.58. The van der Waals surface area contributed by atoms with Crippen LogP contribution < -0.4 is 4.68 Å². The number of nitrogens with zero attached hydrogens (tertiary/aromatic N) is 3. The monoisotopic (exact) mass is 305 g/mol. The lowest BCUT2D eigenvalue weighted by atomic mass is 10.3. The minimum absolute atomic E-state index is 0.348. The molecule has 11 heteroatoms. The highest BCUT2D eigenvalue weighted by Crippen LogP contribution is 2.27. The van der Waals surface area contributed by atoms with Crippen LogP contribution in [0.25, 0.3) is 0 Å². The smallest absolute Gasteiger partial charge is 0.485 e. The molecule has 1 aliphatic heterocycles. The number of alkyl halides is 3. The second kappa shape index (κ2) is 5.05. The molecule has 0 fully saturated rings. The third-order valence-corrected chi connectivity index (χ3v) is 3.25. The zero-order valence-electron chi connectivity index (χ0n) is 9.12. The van der Waals surface area contributed by atoms with Gasteiger partial charge in [-0.15, -0.1) is 0 Å². The van der Waals surface area contributed by atoms with Gasteiger partial charge in [0.15, 0.2) is 10.1 Å². The Kier molecular flexibility index (Phi) is 4.28. The number of hydrogen-bond donors (Lipinski definition) is 1. The first kappa shape index (κ1) is 15.2. The molecule has 1 aliphatic rings. The van der Waals surface area contributed by atoms with Crippen LogP contribution in [0.3, 0.4) is 0 Å². The molecule has 2 rings (SSSR count). The molecule has 0 radical (unpaired) electrons. The van der Waals surface area contributed by atoms with Crippen LogP contribution in [-0.2, 0) is 23.7 Å². The van der Waals surface area contributed by atoms with E-state index in [1.165, 1.54) is 0 Å². The Labute approximate surface area is 107 Å². The van der Waals surface area contributed by atoms with Gasteiger partial charge >= 0.3 is 11.8 Å². The SMILES string of the molecule is C[n+]1cnc2n1CCC2S.O=S(=O)([O-])C(F)(F)F. The Morgan fingerprint density at radius 3 is 2.50 bits per heavy atom. The Morgan fingerprint density at radius 1 is 1.61 bits per heavy atom. The number of aromatic nitrogens is 3. The summed E-state index contributed by atoms with van der Waals surface area (Å²) in [5.74, 6) is 1.10. The summed E-state index contributed by atoms with van der Waals surface area (Å²) in [6.45, 7) is 1.06. The third kappa shape index (κ3) is 3.36. The van der Waals surface area contributed by atoms with Gasteiger partial charge in [0.25, 0.3) is 5.82 Å². The van der Waals surface area contributed by atoms with Gasteiger partial charge in [-0.3, -0.25) is 0 Å². The number of halogens is 3. The Hall–Kier alpha value is -0.810. The van der Waals surface area contributed by atoms with Gasteiger partial charge in [-0.1, -0.05) is 0 Å². The quantitative estimate of drug-likeness (QED) is 0.320. The van der Waals surface area contributed by atoms with Crippen molar-refractivity contribution >= 4 is 22.7 Å². The predicted molar refractivity (Wildman–Crippen MR) is 55.5 cm³/mol. The van der Waals surface area contributed by atoms with E-state index in [9.17, 15) is 13.2 Å². The summed E-state index contributed by atoms with van der Waals surface area (Å²) in [5, 5.41) is 0.348. The molecule has 18 heavy (non-hydrogen) atoms. The Bertz CT molecular complexity index is 526. The first-order chi connectivity index (χ1) is 8.04. The van der Waals surface area contributed by atoms with Crippen molar-refractivity contribution in [2.45, 2.75) is 23.7 Å². The van der Waals surface area contributed by atoms with Crippen LogP contribution in [0.2, 0.25) is 0 Å². The number of rotatable bonds is 0. The second-order valence-electron chi connectivity index (χ2n) is 3.50. The van der Waals surface area contributed by atoms with Crippen molar-refractivity contribution in [2.75, 3.05) is 0 Å². The van der Waals surface area contributed by atoms with Gasteiger partial charge in [-0.25, -0.2) is 8.42 Å². The lowest BCUT2D eigenvalue weighted by molar-refractivity contribution is -0.754. The molecule has 104 valence electrons. The molecule has 1 unspecified atom stereocenters. The molecule has 0 amide bonds. The van der Waals surface area contributed by atoms with Crippen LogP contribution in [0.5, 0.6) is 0 Å². The lowest BCUT2D eigenvalue weighted by Gasteiger charge is -2.08. The van der Waals surface area contributed by atoms with Gasteiger partial charge in [-0.05, 0) is 11.4 Å². The van der Waals surface area contributed by atoms with E-state index < -0.39 is 15.6 Å². The maximum absolute atomic E-state index is 10.7. The van der Waals surface area contributed by atoms with Crippen LogP contribution >= 0.6 is 12.6 Å². The average Bonchev–Trinajstić information content (AvgIpc) is 2.70. The van der Waals surface area contributed by atoms with Gasteiger partial charge in [0, 0.05) is 0 Å². The molecule has 0 aliphatic carbocycles. The van der Waals surface area contributed by atoms with Gasteiger partial charge in [0.05, 0.1) is 11.8 Å². The molecular weight excluding hydrogens is 295 g/mol. The van der Waals surface area contributed by atoms with Crippen LogP contribution in [0.4, 0.5) is 13.2 Å². The number of hydrogen-bond acceptors (Lipinski definition) is 5. The number of aryl methyl sites for hydroxylation is 1. The summed E-state index contributed by atoms with van der Waals surface area (Å²) in [7, 11) is -4.09. The van der Waals surface area contributed by atoms with Crippen LogP contribution in [-0.4, -0.2) is 28.1 Å². The van der Waals surface area contributed by atoms with Crippen molar-refractivity contribution in [1.82, 2.24) is 9.67 Å². The van der Waals surface area contributed by atoms with Crippen molar-refractivity contribution in [2.24, 2.45) is 7.05 Å². The van der Waals surface area contributed by atoms with Crippen molar-refractivity contribution in [1.29, 1.82) is 0 Å². The van der Waals surface area contributed by atoms with E-state index >= 15 is 0 Å². The molecule has 0 saturated heterocycles. The van der Waals surface area contributed by atoms with Crippen LogP contribution in [0, 0.1) is 0 Å². The van der Waals surface area contributed by atoms with E-state index in [1.54, 1.807) is 0 Å². The first-order valence-electron chi connectivity index (χ1n) is 4.65. The molecule has 0 saturated carbocycles. The summed E-state index contributed by atoms with van der Waals surface area (Å²) in [6, 6.07) is 0. The zero-order chi connectivity index (χ0) is 14.1. The topological polar surface area (TPSA) is 78.9 Å². The van der Waals surface area contributed by atoms with Crippen molar-refractivity contribution in [3.8, 4) is 0 Å². The molecule has 6 nitrogen and oxygen atoms in total. The minimum atomic E-state index is -6.09. The molecule has 1 aromatic heterocycles. The van der Waals surface area contributed by atoms with Crippen LogP contribution in [0.1, 0.15) is 17.5 Å². The van der Waals surface area contributed by atoms with E-state index in [0.717, 1.165) is 18.8 Å². The largest absolute Gasteiger partial charge is 0.741 e. The molecule has 0 N–H and O–H groups in total. The molecule has 1 aromatic rings. The third-order valence-electron chi connectivity index (χ3n) is 2.20. The normalized spacial score (nSPS) is 19.1. The highest BCUT2D eigenvalue weighted by molar-refractivity contribution is 7.86. The number of fused-ring (bicyclic) bond motifs is 1. The second-order valence-corrected chi connectivity index (χ2v) is 5.50. The fourth-order valence-corrected chi connectivity index (χ4v) is 1.65. The fourth-order valence-electron chi connectivity index (χ4n) is 1.34. The minimum Gasteiger partial charge on any atom is -0.741 e. The number of thiol groups is 1. The van der Waals surface area contributed by atoms with Crippen molar-refractivity contribution in [3.05, 3.63) is 12.2 Å². The maximum Gasteiger partial charge on any atom is 0.485 e. The van der Waals surface area contributed by atoms with Crippen molar-refractivity contribution < 1.29 is 30.8 Å². The van der Waals surface area contributed by atoms with E-state index in [-0.39, 0.29) is 0 Å². The predicted octanol–water partition coefficient (Wildman–Crippen LogP) is 0.134. The average molecular weight is 305 g/mol. The fraction of sp³-hybridized carbons (Fsp3) is 0.714. The molecule has 0 aromatic carbocycles. The maximum atomic E-state index is 10.7. The van der Waals surface area contributed by atoms with Crippen LogP contribution in [0.15, 0.2) is 6.33 Å². The molecule has 0 bridgehead atoms. The lowest BCUT2D eigenvalue weighted by Crippen LogP contribution is -2.37. The standard InChI is InChI=1S/C6H9N3S.CHF3O3S/c1-8-4-7-6-5(10)2-3-9(6)8;2-1(3,4)8(5,6)7/h4-5H,2-3H2,1H3;(H,5,6,7). The highest BCUT2D eigenvalue weighted by atomic mass is 32.2. The Balaban J connectivity index is 0.000000187. The summed E-state index contributed by atoms with van der Waals surface area (Å²) in [5.41, 5.74) is -5.65. The van der Waals surface area contributed by atoms with E-state index in [2.05, 4.69) is 22.3 Å². The van der Waals surface area contributed by atoms with E-state index in [4.69, 9.17) is 13.0 Å². The van der Waals surface area contributed by atoms with Gasteiger partial charge in [0.2, 0.25) is 0 Å². The summed E-state index contributed by atoms with van der Waals surface area (Å²) < 4.78 is 63.1. The molecule has 0 spiro atoms. The van der Waals surface area contributed by atoms with Gasteiger partial charge in [-0.2, -0.15) is 35.2 Å². The van der Waals surface area contributed by atoms with Crippen molar-refractivity contribution in [3.63, 3.8) is 0 Å². The van der Waals surface area contributed by atoms with Gasteiger partial charge in [0.1, 0.15) is 7.05 Å². The summed E-state index contributed by atoms with van der Waals surface area (Å²) in [6.07, 6.45) is 2.94. The molecule has 1 atom stereocenters. The van der Waals surface area contributed by atoms with E-state index in [1.807, 2.05) is 18.1 Å². The summed E-state index contributed by atoms with van der Waals surface area (Å²) >= 11 is 4.39. The highest BCUT2D eigenvalue weighted by Gasteiger charge is 2.36. The molecule has 2 heterocycles.